The molecule has 0 saturated carbocycles. The minimum atomic E-state index is -0.144. The number of hydrogen-bond acceptors (Lipinski definition) is 6. The van der Waals surface area contributed by atoms with Crippen LogP contribution in [0.1, 0.15) is 6.42 Å². The highest BCUT2D eigenvalue weighted by atomic mass is 32.2. The van der Waals surface area contributed by atoms with E-state index in [2.05, 4.69) is 5.32 Å². The van der Waals surface area contributed by atoms with E-state index in [4.69, 9.17) is 14.2 Å². The summed E-state index contributed by atoms with van der Waals surface area (Å²) in [6, 6.07) is -0.136. The van der Waals surface area contributed by atoms with Gasteiger partial charge < -0.3 is 19.5 Å². The molecule has 1 rings (SSSR count). The molecular formula is C11H21NO4S. The van der Waals surface area contributed by atoms with Crippen molar-refractivity contribution >= 4 is 17.7 Å². The molecule has 0 aromatic carbocycles. The zero-order valence-electron chi connectivity index (χ0n) is 10.3. The fourth-order valence-electron chi connectivity index (χ4n) is 1.40. The molecule has 0 amide bonds. The van der Waals surface area contributed by atoms with Gasteiger partial charge >= 0.3 is 5.97 Å². The van der Waals surface area contributed by atoms with Crippen molar-refractivity contribution in [3.8, 4) is 0 Å². The summed E-state index contributed by atoms with van der Waals surface area (Å²) in [5, 5.41) is 3.14. The first-order valence-electron chi connectivity index (χ1n) is 5.89. The van der Waals surface area contributed by atoms with Crippen LogP contribution in [0.15, 0.2) is 0 Å². The second kappa shape index (κ2) is 9.70. The number of nitrogens with one attached hydrogen (secondary N) is 1. The van der Waals surface area contributed by atoms with Crippen molar-refractivity contribution in [1.82, 2.24) is 5.32 Å². The van der Waals surface area contributed by atoms with Crippen LogP contribution in [0, 0.1) is 0 Å². The quantitative estimate of drug-likeness (QED) is 0.502. The molecule has 0 bridgehead atoms. The summed E-state index contributed by atoms with van der Waals surface area (Å²) in [5.74, 6) is 1.73. The van der Waals surface area contributed by atoms with Crippen LogP contribution in [0.25, 0.3) is 0 Å². The molecule has 1 N–H and O–H groups in total. The SMILES string of the molecule is COCCOCCCOC(=O)C1CSCCN1. The molecule has 1 saturated heterocycles. The van der Waals surface area contributed by atoms with Crippen molar-refractivity contribution in [2.45, 2.75) is 12.5 Å². The molecule has 0 radical (unpaired) electrons. The molecule has 100 valence electrons. The van der Waals surface area contributed by atoms with E-state index in [-0.39, 0.29) is 12.0 Å². The van der Waals surface area contributed by atoms with E-state index in [1.807, 2.05) is 0 Å². The number of methoxy groups -OCH3 is 1. The molecule has 0 aromatic heterocycles. The van der Waals surface area contributed by atoms with Crippen LogP contribution in [-0.2, 0) is 19.0 Å². The Bertz CT molecular complexity index is 210. The van der Waals surface area contributed by atoms with Crippen molar-refractivity contribution in [1.29, 1.82) is 0 Å². The summed E-state index contributed by atoms with van der Waals surface area (Å²) in [5.41, 5.74) is 0. The van der Waals surface area contributed by atoms with Crippen LogP contribution in [0.5, 0.6) is 0 Å². The minimum Gasteiger partial charge on any atom is -0.464 e. The van der Waals surface area contributed by atoms with E-state index in [0.717, 1.165) is 24.5 Å². The normalized spacial score (nSPS) is 20.2. The molecule has 1 atom stereocenters. The largest absolute Gasteiger partial charge is 0.464 e. The summed E-state index contributed by atoms with van der Waals surface area (Å²) in [4.78, 5) is 11.6. The molecule has 1 aliphatic heterocycles. The van der Waals surface area contributed by atoms with Gasteiger partial charge in [0.15, 0.2) is 0 Å². The first kappa shape index (κ1) is 14.8. The average molecular weight is 263 g/mol. The Balaban J connectivity index is 1.92. The van der Waals surface area contributed by atoms with Crippen LogP contribution in [0.2, 0.25) is 0 Å². The van der Waals surface area contributed by atoms with Gasteiger partial charge in [-0.1, -0.05) is 0 Å². The summed E-state index contributed by atoms with van der Waals surface area (Å²) >= 11 is 1.78. The third kappa shape index (κ3) is 6.88. The third-order valence-electron chi connectivity index (χ3n) is 2.32. The molecule has 6 heteroatoms. The molecular weight excluding hydrogens is 242 g/mol. The predicted molar refractivity (Wildman–Crippen MR) is 67.4 cm³/mol. The zero-order chi connectivity index (χ0) is 12.3. The van der Waals surface area contributed by atoms with E-state index in [9.17, 15) is 4.79 Å². The first-order valence-corrected chi connectivity index (χ1v) is 7.04. The first-order chi connectivity index (χ1) is 8.34. The maximum atomic E-state index is 11.6. The molecule has 1 heterocycles. The number of rotatable bonds is 8. The molecule has 0 aromatic rings. The van der Waals surface area contributed by atoms with Crippen molar-refractivity contribution < 1.29 is 19.0 Å². The molecule has 0 spiro atoms. The van der Waals surface area contributed by atoms with Crippen molar-refractivity contribution in [3.63, 3.8) is 0 Å². The lowest BCUT2D eigenvalue weighted by Gasteiger charge is -2.21. The molecule has 1 fully saturated rings. The molecule has 5 nitrogen and oxygen atoms in total. The Labute approximate surface area is 107 Å². The zero-order valence-corrected chi connectivity index (χ0v) is 11.1. The van der Waals surface area contributed by atoms with Gasteiger partial charge in [-0.25, -0.2) is 0 Å². The van der Waals surface area contributed by atoms with Gasteiger partial charge in [0.05, 0.1) is 19.8 Å². The smallest absolute Gasteiger partial charge is 0.323 e. The van der Waals surface area contributed by atoms with Gasteiger partial charge in [-0.3, -0.25) is 4.79 Å². The van der Waals surface area contributed by atoms with Gasteiger partial charge in [-0.05, 0) is 0 Å². The van der Waals surface area contributed by atoms with E-state index < -0.39 is 0 Å². The predicted octanol–water partition coefficient (Wildman–Crippen LogP) is 0.288. The van der Waals surface area contributed by atoms with Gasteiger partial charge in [0.2, 0.25) is 0 Å². The number of carbonyl (C=O) groups is 1. The fourth-order valence-corrected chi connectivity index (χ4v) is 2.31. The maximum Gasteiger partial charge on any atom is 0.323 e. The van der Waals surface area contributed by atoms with Gasteiger partial charge in [0, 0.05) is 38.2 Å². The van der Waals surface area contributed by atoms with E-state index in [1.165, 1.54) is 0 Å². The second-order valence-corrected chi connectivity index (χ2v) is 4.86. The molecule has 1 unspecified atom stereocenters. The second-order valence-electron chi connectivity index (χ2n) is 3.71. The Kier molecular flexibility index (Phi) is 8.42. The van der Waals surface area contributed by atoms with Crippen LogP contribution < -0.4 is 5.32 Å². The van der Waals surface area contributed by atoms with Crippen LogP contribution >= 0.6 is 11.8 Å². The average Bonchev–Trinajstić information content (AvgIpc) is 2.38. The van der Waals surface area contributed by atoms with Gasteiger partial charge in [0.1, 0.15) is 6.04 Å². The van der Waals surface area contributed by atoms with E-state index in [1.54, 1.807) is 18.9 Å². The van der Waals surface area contributed by atoms with Gasteiger partial charge in [0.25, 0.3) is 0 Å². The monoisotopic (exact) mass is 263 g/mol. The lowest BCUT2D eigenvalue weighted by atomic mass is 10.3. The summed E-state index contributed by atoms with van der Waals surface area (Å²) in [7, 11) is 1.64. The highest BCUT2D eigenvalue weighted by molar-refractivity contribution is 7.99. The van der Waals surface area contributed by atoms with E-state index >= 15 is 0 Å². The number of carbonyl (C=O) groups excluding carboxylic acids is 1. The van der Waals surface area contributed by atoms with Crippen molar-refractivity contribution in [2.24, 2.45) is 0 Å². The molecule has 17 heavy (non-hydrogen) atoms. The van der Waals surface area contributed by atoms with Crippen molar-refractivity contribution in [2.75, 3.05) is 51.6 Å². The van der Waals surface area contributed by atoms with Gasteiger partial charge in [-0.2, -0.15) is 11.8 Å². The highest BCUT2D eigenvalue weighted by Gasteiger charge is 2.21. The Hall–Kier alpha value is -0.300. The van der Waals surface area contributed by atoms with Crippen LogP contribution in [0.4, 0.5) is 0 Å². The lowest BCUT2D eigenvalue weighted by Crippen LogP contribution is -2.44. The lowest BCUT2D eigenvalue weighted by molar-refractivity contribution is -0.146. The van der Waals surface area contributed by atoms with Crippen molar-refractivity contribution in [3.05, 3.63) is 0 Å². The Morgan fingerprint density at radius 2 is 2.24 bits per heavy atom. The molecule has 0 aliphatic carbocycles. The minimum absolute atomic E-state index is 0.136. The molecule has 1 aliphatic rings. The summed E-state index contributed by atoms with van der Waals surface area (Å²) in [6.07, 6.45) is 0.731. The number of hydrogen-bond donors (Lipinski definition) is 1. The third-order valence-corrected chi connectivity index (χ3v) is 3.38. The number of ether oxygens (including phenoxy) is 3. The Morgan fingerprint density at radius 3 is 2.94 bits per heavy atom. The summed E-state index contributed by atoms with van der Waals surface area (Å²) in [6.45, 7) is 3.09. The van der Waals surface area contributed by atoms with Crippen LogP contribution in [0.3, 0.4) is 0 Å². The number of esters is 1. The fraction of sp³-hybridized carbons (Fsp3) is 0.909. The summed E-state index contributed by atoms with van der Waals surface area (Å²) < 4.78 is 15.3. The number of thioether (sulfide) groups is 1. The van der Waals surface area contributed by atoms with Gasteiger partial charge in [-0.15, -0.1) is 0 Å². The van der Waals surface area contributed by atoms with E-state index in [0.29, 0.717) is 26.4 Å². The maximum absolute atomic E-state index is 11.6. The highest BCUT2D eigenvalue weighted by Crippen LogP contribution is 2.08. The standard InChI is InChI=1S/C11H21NO4S/c1-14-6-7-15-4-2-5-16-11(13)10-9-17-8-3-12-10/h10,12H,2-9H2,1H3. The van der Waals surface area contributed by atoms with Crippen LogP contribution in [-0.4, -0.2) is 63.6 Å². The Morgan fingerprint density at radius 1 is 1.35 bits per heavy atom. The topological polar surface area (TPSA) is 56.8 Å².